The van der Waals surface area contributed by atoms with Crippen LogP contribution in [0.2, 0.25) is 0 Å². The molecule has 0 spiro atoms. The van der Waals surface area contributed by atoms with Crippen LogP contribution in [0.3, 0.4) is 0 Å². The third kappa shape index (κ3) is 7.13. The van der Waals surface area contributed by atoms with Gasteiger partial charge in [0.1, 0.15) is 18.2 Å². The van der Waals surface area contributed by atoms with Crippen molar-refractivity contribution in [2.45, 2.75) is 52.3 Å². The number of hydrogen-bond donors (Lipinski definition) is 2. The molecule has 0 aromatic heterocycles. The Morgan fingerprint density at radius 3 is 2.32 bits per heavy atom. The van der Waals surface area contributed by atoms with Crippen LogP contribution in [0.4, 0.5) is 4.39 Å². The summed E-state index contributed by atoms with van der Waals surface area (Å²) in [7, 11) is 0. The Hall–Kier alpha value is -1.13. The van der Waals surface area contributed by atoms with Gasteiger partial charge in [0.25, 0.3) is 0 Å². The van der Waals surface area contributed by atoms with E-state index in [-0.39, 0.29) is 18.0 Å². The standard InChI is InChI=1S/C15H24FNO2/c1-14(2,3)17-9-11-6-12(16)8-13(7-11)19-10-15(4,5)18/h6-8,17-18H,9-10H2,1-5H3. The molecule has 3 nitrogen and oxygen atoms in total. The number of nitrogens with one attached hydrogen (secondary N) is 1. The summed E-state index contributed by atoms with van der Waals surface area (Å²) in [5, 5.41) is 12.9. The highest BCUT2D eigenvalue weighted by Crippen LogP contribution is 2.18. The van der Waals surface area contributed by atoms with Gasteiger partial charge in [-0.25, -0.2) is 4.39 Å². The molecule has 0 aliphatic rings. The number of aliphatic hydroxyl groups is 1. The Kier molecular flexibility index (Phi) is 4.93. The summed E-state index contributed by atoms with van der Waals surface area (Å²) in [5.41, 5.74) is -0.142. The first-order chi connectivity index (χ1) is 8.55. The fraction of sp³-hybridized carbons (Fsp3) is 0.600. The van der Waals surface area contributed by atoms with Crippen LogP contribution in [-0.2, 0) is 6.54 Å². The summed E-state index contributed by atoms with van der Waals surface area (Å²) in [6, 6.07) is 4.59. The smallest absolute Gasteiger partial charge is 0.127 e. The average Bonchev–Trinajstić information content (AvgIpc) is 2.21. The van der Waals surface area contributed by atoms with Gasteiger partial charge in [-0.05, 0) is 52.3 Å². The van der Waals surface area contributed by atoms with E-state index in [0.29, 0.717) is 12.3 Å². The first kappa shape index (κ1) is 15.9. The summed E-state index contributed by atoms with van der Waals surface area (Å²) in [6.45, 7) is 10.2. The molecule has 0 radical (unpaired) electrons. The van der Waals surface area contributed by atoms with Crippen LogP contribution in [0.1, 0.15) is 40.2 Å². The average molecular weight is 269 g/mol. The van der Waals surface area contributed by atoms with Crippen LogP contribution >= 0.6 is 0 Å². The quantitative estimate of drug-likeness (QED) is 0.863. The minimum atomic E-state index is -0.934. The molecular formula is C15H24FNO2. The summed E-state index contributed by atoms with van der Waals surface area (Å²) in [6.07, 6.45) is 0. The van der Waals surface area contributed by atoms with Gasteiger partial charge in [-0.1, -0.05) is 0 Å². The van der Waals surface area contributed by atoms with E-state index in [1.807, 2.05) is 0 Å². The molecule has 1 aromatic rings. The Morgan fingerprint density at radius 2 is 1.79 bits per heavy atom. The Balaban J connectivity index is 2.71. The van der Waals surface area contributed by atoms with Crippen molar-refractivity contribution in [2.75, 3.05) is 6.61 Å². The van der Waals surface area contributed by atoms with E-state index in [1.165, 1.54) is 12.1 Å². The van der Waals surface area contributed by atoms with Crippen molar-refractivity contribution in [3.63, 3.8) is 0 Å². The first-order valence-electron chi connectivity index (χ1n) is 6.45. The maximum atomic E-state index is 13.5. The predicted octanol–water partition coefficient (Wildman–Crippen LogP) is 2.86. The highest BCUT2D eigenvalue weighted by Gasteiger charge is 2.14. The first-order valence-corrected chi connectivity index (χ1v) is 6.45. The zero-order valence-corrected chi connectivity index (χ0v) is 12.4. The number of benzene rings is 1. The fourth-order valence-electron chi connectivity index (χ4n) is 1.43. The largest absolute Gasteiger partial charge is 0.491 e. The van der Waals surface area contributed by atoms with Gasteiger partial charge in [0.15, 0.2) is 0 Å². The summed E-state index contributed by atoms with van der Waals surface area (Å²) < 4.78 is 18.9. The third-order valence-corrected chi connectivity index (χ3v) is 2.35. The van der Waals surface area contributed by atoms with Crippen molar-refractivity contribution < 1.29 is 14.2 Å². The van der Waals surface area contributed by atoms with Gasteiger partial charge in [-0.15, -0.1) is 0 Å². The van der Waals surface area contributed by atoms with E-state index in [2.05, 4.69) is 26.1 Å². The Bertz CT molecular complexity index is 383. The van der Waals surface area contributed by atoms with E-state index in [1.54, 1.807) is 19.9 Å². The van der Waals surface area contributed by atoms with E-state index in [4.69, 9.17) is 4.74 Å². The zero-order valence-electron chi connectivity index (χ0n) is 12.4. The lowest BCUT2D eigenvalue weighted by Crippen LogP contribution is -2.35. The van der Waals surface area contributed by atoms with E-state index < -0.39 is 5.60 Å². The number of ether oxygens (including phenoxy) is 1. The second kappa shape index (κ2) is 5.88. The van der Waals surface area contributed by atoms with E-state index in [9.17, 15) is 9.50 Å². The molecule has 19 heavy (non-hydrogen) atoms. The van der Waals surface area contributed by atoms with Gasteiger partial charge >= 0.3 is 0 Å². The minimum Gasteiger partial charge on any atom is -0.491 e. The van der Waals surface area contributed by atoms with Crippen molar-refractivity contribution in [2.24, 2.45) is 0 Å². The van der Waals surface area contributed by atoms with Crippen LogP contribution in [0, 0.1) is 5.82 Å². The van der Waals surface area contributed by atoms with E-state index >= 15 is 0 Å². The minimum absolute atomic E-state index is 0.0274. The second-order valence-corrected chi connectivity index (χ2v) is 6.50. The Labute approximate surface area is 114 Å². The molecule has 2 N–H and O–H groups in total. The number of halogens is 1. The molecule has 0 saturated carbocycles. The maximum absolute atomic E-state index is 13.5. The fourth-order valence-corrected chi connectivity index (χ4v) is 1.43. The molecule has 1 aromatic carbocycles. The van der Waals surface area contributed by atoms with Crippen molar-refractivity contribution in [1.29, 1.82) is 0 Å². The van der Waals surface area contributed by atoms with Crippen molar-refractivity contribution in [1.82, 2.24) is 5.32 Å². The lowest BCUT2D eigenvalue weighted by Gasteiger charge is -2.21. The number of hydrogen-bond acceptors (Lipinski definition) is 3. The molecule has 108 valence electrons. The maximum Gasteiger partial charge on any atom is 0.127 e. The molecule has 0 saturated heterocycles. The van der Waals surface area contributed by atoms with Gasteiger partial charge in [-0.2, -0.15) is 0 Å². The molecule has 0 bridgehead atoms. The van der Waals surface area contributed by atoms with E-state index in [0.717, 1.165) is 5.56 Å². The number of rotatable bonds is 5. The van der Waals surface area contributed by atoms with Crippen molar-refractivity contribution in [3.05, 3.63) is 29.6 Å². The van der Waals surface area contributed by atoms with Crippen LogP contribution in [0.25, 0.3) is 0 Å². The summed E-state index contributed by atoms with van der Waals surface area (Å²) >= 11 is 0. The monoisotopic (exact) mass is 269 g/mol. The van der Waals surface area contributed by atoms with Crippen molar-refractivity contribution >= 4 is 0 Å². The molecule has 4 heteroatoms. The zero-order chi connectivity index (χ0) is 14.7. The highest BCUT2D eigenvalue weighted by atomic mass is 19.1. The lowest BCUT2D eigenvalue weighted by molar-refractivity contribution is 0.0283. The Morgan fingerprint density at radius 1 is 1.16 bits per heavy atom. The molecule has 0 aliphatic carbocycles. The van der Waals surface area contributed by atoms with Gasteiger partial charge < -0.3 is 15.2 Å². The molecule has 0 atom stereocenters. The van der Waals surface area contributed by atoms with Gasteiger partial charge in [0, 0.05) is 18.2 Å². The van der Waals surface area contributed by atoms with Crippen LogP contribution in [-0.4, -0.2) is 22.9 Å². The molecule has 0 heterocycles. The SMILES string of the molecule is CC(C)(O)COc1cc(F)cc(CNC(C)(C)C)c1. The summed E-state index contributed by atoms with van der Waals surface area (Å²) in [4.78, 5) is 0. The lowest BCUT2D eigenvalue weighted by atomic mass is 10.1. The topological polar surface area (TPSA) is 41.5 Å². The molecular weight excluding hydrogens is 245 g/mol. The molecule has 0 unspecified atom stereocenters. The van der Waals surface area contributed by atoms with Gasteiger partial charge in [0.05, 0.1) is 5.60 Å². The molecule has 0 aliphatic heterocycles. The predicted molar refractivity (Wildman–Crippen MR) is 74.8 cm³/mol. The van der Waals surface area contributed by atoms with Gasteiger partial charge in [0.2, 0.25) is 0 Å². The normalized spacial score (nSPS) is 12.6. The van der Waals surface area contributed by atoms with Crippen LogP contribution in [0.5, 0.6) is 5.75 Å². The summed E-state index contributed by atoms with van der Waals surface area (Å²) in [5.74, 6) is 0.104. The van der Waals surface area contributed by atoms with Gasteiger partial charge in [-0.3, -0.25) is 0 Å². The molecule has 0 amide bonds. The third-order valence-electron chi connectivity index (χ3n) is 2.35. The van der Waals surface area contributed by atoms with Crippen molar-refractivity contribution in [3.8, 4) is 5.75 Å². The molecule has 0 fully saturated rings. The second-order valence-electron chi connectivity index (χ2n) is 6.50. The van der Waals surface area contributed by atoms with Crippen LogP contribution < -0.4 is 10.1 Å². The molecule has 1 rings (SSSR count). The van der Waals surface area contributed by atoms with Crippen LogP contribution in [0.15, 0.2) is 18.2 Å². The highest BCUT2D eigenvalue weighted by molar-refractivity contribution is 5.29.